The molecule has 3 saturated heterocycles. The van der Waals surface area contributed by atoms with E-state index in [1.807, 2.05) is 68.4 Å². The highest BCUT2D eigenvalue weighted by Gasteiger charge is 2.48. The molecule has 0 aliphatic carbocycles. The van der Waals surface area contributed by atoms with Crippen LogP contribution in [0.2, 0.25) is 0 Å². The normalized spacial score (nSPS) is 18.2. The minimum absolute atomic E-state index is 0. The fourth-order valence-corrected chi connectivity index (χ4v) is 10.7. The molecule has 85 heavy (non-hydrogen) atoms. The summed E-state index contributed by atoms with van der Waals surface area (Å²) in [7, 11) is 0. The minimum Gasteiger partial charge on any atom is -0.323 e. The Labute approximate surface area is 492 Å². The lowest BCUT2D eigenvalue weighted by Gasteiger charge is -2.20. The number of fused-ring (bicyclic) bond motifs is 3. The quantitative estimate of drug-likeness (QED) is 0.0556. The van der Waals surface area contributed by atoms with Crippen LogP contribution in [0, 0.1) is 37.0 Å². The number of halogens is 6. The van der Waals surface area contributed by atoms with Crippen molar-refractivity contribution >= 4 is 67.8 Å². The van der Waals surface area contributed by atoms with E-state index < -0.39 is 92.5 Å². The summed E-state index contributed by atoms with van der Waals surface area (Å²) in [6.07, 6.45) is 18.3. The number of benzene rings is 3. The molecule has 3 aliphatic rings. The Hall–Kier alpha value is -8.43. The van der Waals surface area contributed by atoms with Crippen molar-refractivity contribution < 1.29 is 55.1 Å². The fourth-order valence-electron chi connectivity index (χ4n) is 10.7. The molecule has 3 fully saturated rings. The molecule has 3 aliphatic heterocycles. The highest BCUT2D eigenvalue weighted by atomic mass is 19.3. The summed E-state index contributed by atoms with van der Waals surface area (Å²) in [5.41, 5.74) is 6.82. The first-order valence-electron chi connectivity index (χ1n) is 27.8. The molecule has 12 nitrogen and oxygen atoms in total. The first-order valence-corrected chi connectivity index (χ1v) is 27.8. The Morgan fingerprint density at radius 2 is 0.871 bits per heavy atom. The number of alkyl halides is 6. The number of carbonyl (C=O) groups excluding carboxylic acids is 6. The standard InChI is InChI=1S/3C22H22F2N2O2.CH4/c1-4-16-12-22(23,24)13-26(16)21(28)8-7-20(27)17-9-10-25-19-6-5-15(14(2)3)11-18(17)19;1-4-16-12-22(23,24)13-26(16)21(28)8-7-20(27)18-9-10-25-19-11-15(14(2)3)5-6-17(18)19;1-4-15-12-22(23,24)13-26(15)20(28)9-8-19(27)17-10-11-25-18-7-5-6-16(14(2)3)21(17)18;/h2*1,5-6,9-11,14,16H,7-8,12-13H2,2-3H3;1,5-7,10-11,14-15H,8-9,12-13H2,2-3H3;1H4. The third-order valence-electron chi connectivity index (χ3n) is 15.2. The average Bonchev–Trinajstić information content (AvgIpc) is 3.83. The summed E-state index contributed by atoms with van der Waals surface area (Å²) in [4.78, 5) is 91.4. The minimum atomic E-state index is -2.98. The van der Waals surface area contributed by atoms with Gasteiger partial charge in [0.2, 0.25) is 17.7 Å². The van der Waals surface area contributed by atoms with Gasteiger partial charge in [0.25, 0.3) is 17.8 Å². The van der Waals surface area contributed by atoms with Gasteiger partial charge in [-0.05, 0) is 76.9 Å². The van der Waals surface area contributed by atoms with Crippen LogP contribution in [0.3, 0.4) is 0 Å². The number of rotatable bonds is 15. The van der Waals surface area contributed by atoms with E-state index in [0.29, 0.717) is 34.0 Å². The van der Waals surface area contributed by atoms with Gasteiger partial charge in [-0.1, -0.05) is 97.1 Å². The Balaban J connectivity index is 0.000000203. The number of Topliss-reactive ketones (excluding diaryl/α,β-unsaturated/α-hetero) is 3. The molecular weight excluding hydrogens is 1100 g/mol. The number of ketones is 3. The van der Waals surface area contributed by atoms with Crippen LogP contribution < -0.4 is 0 Å². The van der Waals surface area contributed by atoms with E-state index in [-0.39, 0.29) is 69.2 Å². The number of hydrogen-bond acceptors (Lipinski definition) is 9. The van der Waals surface area contributed by atoms with Crippen molar-refractivity contribution in [2.24, 2.45) is 0 Å². The van der Waals surface area contributed by atoms with Crippen LogP contribution in [0.5, 0.6) is 0 Å². The van der Waals surface area contributed by atoms with Crippen molar-refractivity contribution in [3.63, 3.8) is 0 Å². The molecule has 3 atom stereocenters. The van der Waals surface area contributed by atoms with Gasteiger partial charge >= 0.3 is 0 Å². The second-order valence-corrected chi connectivity index (χ2v) is 22.4. The van der Waals surface area contributed by atoms with E-state index in [2.05, 4.69) is 60.4 Å². The van der Waals surface area contributed by atoms with Gasteiger partial charge in [0.1, 0.15) is 0 Å². The number of carbonyl (C=O) groups is 6. The van der Waals surface area contributed by atoms with E-state index in [9.17, 15) is 55.1 Å². The van der Waals surface area contributed by atoms with Crippen molar-refractivity contribution in [2.75, 3.05) is 19.6 Å². The van der Waals surface area contributed by atoms with Crippen LogP contribution in [0.15, 0.2) is 91.4 Å². The summed E-state index contributed by atoms with van der Waals surface area (Å²) >= 11 is 0. The van der Waals surface area contributed by atoms with Crippen LogP contribution in [-0.2, 0) is 14.4 Å². The topological polar surface area (TPSA) is 151 Å². The van der Waals surface area contributed by atoms with Gasteiger partial charge in [0.15, 0.2) is 17.3 Å². The monoisotopic (exact) mass is 1170 g/mol. The number of terminal acetylenes is 3. The molecule has 0 saturated carbocycles. The molecule has 446 valence electrons. The largest absolute Gasteiger partial charge is 0.323 e. The van der Waals surface area contributed by atoms with Crippen LogP contribution in [-0.4, -0.2) is 120 Å². The zero-order valence-electron chi connectivity index (χ0n) is 47.7. The van der Waals surface area contributed by atoms with Gasteiger partial charge in [-0.3, -0.25) is 43.7 Å². The predicted molar refractivity (Wildman–Crippen MR) is 317 cm³/mol. The van der Waals surface area contributed by atoms with Crippen LogP contribution in [0.1, 0.15) is 172 Å². The van der Waals surface area contributed by atoms with E-state index in [1.54, 1.807) is 36.8 Å². The van der Waals surface area contributed by atoms with E-state index in [4.69, 9.17) is 19.3 Å². The van der Waals surface area contributed by atoms with E-state index >= 15 is 0 Å². The first kappa shape index (κ1) is 65.7. The van der Waals surface area contributed by atoms with Crippen molar-refractivity contribution in [1.82, 2.24) is 29.7 Å². The van der Waals surface area contributed by atoms with Gasteiger partial charge in [0.05, 0.1) is 54.3 Å². The third kappa shape index (κ3) is 15.9. The molecule has 3 aromatic carbocycles. The second kappa shape index (κ2) is 27.5. The van der Waals surface area contributed by atoms with Crippen molar-refractivity contribution in [3.05, 3.63) is 125 Å². The number of pyridine rings is 3. The van der Waals surface area contributed by atoms with Crippen molar-refractivity contribution in [3.8, 4) is 37.0 Å². The maximum atomic E-state index is 13.6. The van der Waals surface area contributed by atoms with Gasteiger partial charge in [-0.25, -0.2) is 26.3 Å². The SMILES string of the molecule is C.C#CC1CC(F)(F)CN1C(=O)CCC(=O)c1ccnc2cc(C(C)C)ccc12.C#CC1CC(F)(F)CN1C(=O)CCC(=O)c1ccnc2ccc(C(C)C)cc12.C#CC1CC(F)(F)CN1C(=O)CCC(=O)c1ccnc2cccc(C(C)C)c12. The van der Waals surface area contributed by atoms with Crippen LogP contribution >= 0.6 is 0 Å². The summed E-state index contributed by atoms with van der Waals surface area (Å²) in [5.74, 6) is -3.58. The van der Waals surface area contributed by atoms with Gasteiger partial charge in [-0.15, -0.1) is 19.3 Å². The zero-order valence-corrected chi connectivity index (χ0v) is 47.7. The number of nitrogens with zero attached hydrogens (tertiary/aromatic N) is 6. The lowest BCUT2D eigenvalue weighted by Crippen LogP contribution is -2.36. The molecule has 0 bridgehead atoms. The third-order valence-corrected chi connectivity index (χ3v) is 15.2. The molecule has 0 radical (unpaired) electrons. The average molecular weight is 1170 g/mol. The predicted octanol–water partition coefficient (Wildman–Crippen LogP) is 13.2. The molecule has 0 N–H and O–H groups in total. The highest BCUT2D eigenvalue weighted by Crippen LogP contribution is 2.36. The molecule has 18 heteroatoms. The van der Waals surface area contributed by atoms with Crippen molar-refractivity contribution in [2.45, 2.75) is 160 Å². The summed E-state index contributed by atoms with van der Waals surface area (Å²) < 4.78 is 81.4. The molecule has 9 rings (SSSR count). The molecule has 0 spiro atoms. The number of aromatic nitrogens is 3. The smallest absolute Gasteiger partial charge is 0.268 e. The number of hydrogen-bond donors (Lipinski definition) is 0. The first-order chi connectivity index (χ1) is 39.7. The Morgan fingerprint density at radius 1 is 0.482 bits per heavy atom. The van der Waals surface area contributed by atoms with E-state index in [0.717, 1.165) is 58.6 Å². The lowest BCUT2D eigenvalue weighted by atomic mass is 9.92. The molecule has 3 amide bonds. The van der Waals surface area contributed by atoms with Gasteiger partial charge in [0, 0.05) is 109 Å². The van der Waals surface area contributed by atoms with Gasteiger partial charge < -0.3 is 14.7 Å². The lowest BCUT2D eigenvalue weighted by molar-refractivity contribution is -0.133. The summed E-state index contributed by atoms with van der Waals surface area (Å²) in [5, 5.41) is 2.24. The Morgan fingerprint density at radius 3 is 1.31 bits per heavy atom. The summed E-state index contributed by atoms with van der Waals surface area (Å²) in [6.45, 7) is 10.3. The zero-order chi connectivity index (χ0) is 61.4. The molecule has 6 heterocycles. The molecule has 3 aromatic heterocycles. The fraction of sp³-hybridized carbons (Fsp3) is 0.418. The Bertz CT molecular complexity index is 3620. The second-order valence-electron chi connectivity index (χ2n) is 22.4. The van der Waals surface area contributed by atoms with Crippen LogP contribution in [0.25, 0.3) is 32.7 Å². The number of likely N-dealkylation sites (tertiary alicyclic amines) is 3. The van der Waals surface area contributed by atoms with Crippen LogP contribution in [0.4, 0.5) is 26.3 Å². The van der Waals surface area contributed by atoms with Crippen molar-refractivity contribution in [1.29, 1.82) is 0 Å². The summed E-state index contributed by atoms with van der Waals surface area (Å²) in [6, 6.07) is 19.4. The molecule has 6 aromatic rings. The van der Waals surface area contributed by atoms with Gasteiger partial charge in [-0.2, -0.15) is 0 Å². The maximum Gasteiger partial charge on any atom is 0.268 e. The maximum absolute atomic E-state index is 13.6. The molecule has 3 unspecified atom stereocenters. The molecular formula is C67H70F6N6O6. The number of amides is 3. The Kier molecular flexibility index (Phi) is 21.3. The highest BCUT2D eigenvalue weighted by molar-refractivity contribution is 6.10. The van der Waals surface area contributed by atoms with E-state index in [1.165, 1.54) is 0 Å².